The molecule has 16 heavy (non-hydrogen) atoms. The summed E-state index contributed by atoms with van der Waals surface area (Å²) >= 11 is 0. The van der Waals surface area contributed by atoms with Gasteiger partial charge in [0.25, 0.3) is 0 Å². The van der Waals surface area contributed by atoms with E-state index in [0.29, 0.717) is 12.3 Å². The number of furan rings is 1. The second-order valence-corrected chi connectivity index (χ2v) is 3.60. The number of nitrogens with zero attached hydrogens (tertiary/aromatic N) is 2. The molecule has 0 N–H and O–H groups in total. The molecule has 0 saturated heterocycles. The number of hydrogen-bond donors (Lipinski definition) is 0. The van der Waals surface area contributed by atoms with Crippen LogP contribution >= 0.6 is 0 Å². The fourth-order valence-corrected chi connectivity index (χ4v) is 1.21. The van der Waals surface area contributed by atoms with E-state index in [-0.39, 0.29) is 11.8 Å². The topological polar surface area (TPSA) is 57.2 Å². The van der Waals surface area contributed by atoms with Crippen molar-refractivity contribution in [3.05, 3.63) is 30.2 Å². The van der Waals surface area contributed by atoms with E-state index in [1.807, 2.05) is 0 Å². The minimum atomic E-state index is -0.161. The second-order valence-electron chi connectivity index (χ2n) is 3.60. The van der Waals surface area contributed by atoms with E-state index < -0.39 is 0 Å². The van der Waals surface area contributed by atoms with Crippen LogP contribution in [0.3, 0.4) is 0 Å². The van der Waals surface area contributed by atoms with Crippen LogP contribution in [0.2, 0.25) is 0 Å². The average Bonchev–Trinajstić information content (AvgIpc) is 2.78. The lowest BCUT2D eigenvalue weighted by molar-refractivity contribution is -0.125. The van der Waals surface area contributed by atoms with E-state index in [2.05, 4.69) is 6.07 Å². The van der Waals surface area contributed by atoms with E-state index in [9.17, 15) is 4.79 Å². The largest absolute Gasteiger partial charge is 0.465 e. The maximum Gasteiger partial charge on any atom is 0.246 e. The van der Waals surface area contributed by atoms with Crippen LogP contribution in [0.25, 0.3) is 6.08 Å². The van der Waals surface area contributed by atoms with Crippen molar-refractivity contribution in [2.45, 2.75) is 6.92 Å². The predicted octanol–water partition coefficient (Wildman–Crippen LogP) is 1.91. The van der Waals surface area contributed by atoms with Crippen molar-refractivity contribution in [3.8, 4) is 6.07 Å². The summed E-state index contributed by atoms with van der Waals surface area (Å²) in [7, 11) is 1.67. The summed E-state index contributed by atoms with van der Waals surface area (Å²) in [5, 5.41) is 8.62. The van der Waals surface area contributed by atoms with E-state index in [0.717, 1.165) is 0 Å². The highest BCUT2D eigenvalue weighted by atomic mass is 16.3. The molecular weight excluding hydrogens is 204 g/mol. The van der Waals surface area contributed by atoms with Crippen LogP contribution in [0.1, 0.15) is 12.7 Å². The third-order valence-corrected chi connectivity index (χ3v) is 2.08. The van der Waals surface area contributed by atoms with E-state index in [1.165, 1.54) is 11.0 Å². The molecule has 1 atom stereocenters. The van der Waals surface area contributed by atoms with Crippen molar-refractivity contribution in [1.82, 2.24) is 4.90 Å². The molecule has 0 spiro atoms. The first-order valence-electron chi connectivity index (χ1n) is 4.99. The Labute approximate surface area is 94.8 Å². The zero-order valence-electron chi connectivity index (χ0n) is 9.38. The first-order chi connectivity index (χ1) is 7.63. The van der Waals surface area contributed by atoms with Crippen molar-refractivity contribution < 1.29 is 9.21 Å². The van der Waals surface area contributed by atoms with Crippen molar-refractivity contribution in [3.63, 3.8) is 0 Å². The van der Waals surface area contributed by atoms with Crippen molar-refractivity contribution in [2.75, 3.05) is 13.6 Å². The highest BCUT2D eigenvalue weighted by Crippen LogP contribution is 2.03. The number of amides is 1. The van der Waals surface area contributed by atoms with Crippen molar-refractivity contribution in [2.24, 2.45) is 5.92 Å². The van der Waals surface area contributed by atoms with Crippen molar-refractivity contribution in [1.29, 1.82) is 5.26 Å². The fraction of sp³-hybridized carbons (Fsp3) is 0.333. The van der Waals surface area contributed by atoms with Crippen LogP contribution < -0.4 is 0 Å². The molecule has 0 fully saturated rings. The molecule has 1 rings (SSSR count). The van der Waals surface area contributed by atoms with Gasteiger partial charge in [-0.1, -0.05) is 0 Å². The highest BCUT2D eigenvalue weighted by molar-refractivity contribution is 5.91. The molecule has 1 aromatic rings. The number of rotatable bonds is 4. The van der Waals surface area contributed by atoms with Gasteiger partial charge in [-0.2, -0.15) is 5.26 Å². The van der Waals surface area contributed by atoms with Gasteiger partial charge in [0.2, 0.25) is 5.91 Å². The summed E-state index contributed by atoms with van der Waals surface area (Å²) in [4.78, 5) is 13.1. The molecular formula is C12H14N2O2. The predicted molar refractivity (Wildman–Crippen MR) is 60.2 cm³/mol. The SMILES string of the molecule is C[C@H](C#N)CN(C)C(=O)/C=C\c1ccco1. The van der Waals surface area contributed by atoms with Crippen LogP contribution in [0.4, 0.5) is 0 Å². The van der Waals surface area contributed by atoms with Crippen LogP contribution in [0.5, 0.6) is 0 Å². The summed E-state index contributed by atoms with van der Waals surface area (Å²) in [5.74, 6) is 0.333. The smallest absolute Gasteiger partial charge is 0.246 e. The summed E-state index contributed by atoms with van der Waals surface area (Å²) in [6.07, 6.45) is 4.59. The van der Waals surface area contributed by atoms with Gasteiger partial charge in [0.1, 0.15) is 5.76 Å². The molecule has 0 bridgehead atoms. The Morgan fingerprint density at radius 2 is 2.50 bits per heavy atom. The lowest BCUT2D eigenvalue weighted by atomic mass is 10.2. The molecule has 4 nitrogen and oxygen atoms in total. The summed E-state index contributed by atoms with van der Waals surface area (Å²) < 4.78 is 5.06. The first-order valence-corrected chi connectivity index (χ1v) is 4.99. The van der Waals surface area contributed by atoms with Gasteiger partial charge in [-0.05, 0) is 25.1 Å². The minimum Gasteiger partial charge on any atom is -0.465 e. The molecule has 0 radical (unpaired) electrons. The molecule has 1 aromatic heterocycles. The van der Waals surface area contributed by atoms with Crippen LogP contribution in [0.15, 0.2) is 28.9 Å². The van der Waals surface area contributed by atoms with Gasteiger partial charge >= 0.3 is 0 Å². The molecule has 0 aliphatic rings. The second kappa shape index (κ2) is 5.76. The first kappa shape index (κ1) is 12.1. The Morgan fingerprint density at radius 3 is 3.06 bits per heavy atom. The number of hydrogen-bond acceptors (Lipinski definition) is 3. The molecule has 84 valence electrons. The van der Waals surface area contributed by atoms with E-state index in [4.69, 9.17) is 9.68 Å². The Hall–Kier alpha value is -2.02. The maximum atomic E-state index is 11.6. The van der Waals surface area contributed by atoms with Gasteiger partial charge in [0, 0.05) is 19.7 Å². The van der Waals surface area contributed by atoms with Gasteiger partial charge < -0.3 is 9.32 Å². The normalized spacial score (nSPS) is 12.3. The Morgan fingerprint density at radius 1 is 1.75 bits per heavy atom. The standard InChI is InChI=1S/C12H14N2O2/c1-10(8-13)9-14(2)12(15)6-5-11-4-3-7-16-11/h3-7,10H,9H2,1-2H3/b6-5-/t10-/m1/s1. The Balaban J connectivity index is 2.49. The average molecular weight is 218 g/mol. The highest BCUT2D eigenvalue weighted by Gasteiger charge is 2.08. The number of carbonyl (C=O) groups is 1. The zero-order valence-corrected chi connectivity index (χ0v) is 9.38. The molecule has 0 aromatic carbocycles. The molecule has 1 heterocycles. The van der Waals surface area contributed by atoms with Gasteiger partial charge in [0.05, 0.1) is 18.3 Å². The van der Waals surface area contributed by atoms with E-state index in [1.54, 1.807) is 38.4 Å². The Kier molecular flexibility index (Phi) is 4.34. The number of likely N-dealkylation sites (N-methyl/N-ethyl adjacent to an activating group) is 1. The van der Waals surface area contributed by atoms with Crippen molar-refractivity contribution >= 4 is 12.0 Å². The third-order valence-electron chi connectivity index (χ3n) is 2.08. The molecule has 4 heteroatoms. The monoisotopic (exact) mass is 218 g/mol. The number of nitriles is 1. The minimum absolute atomic E-state index is 0.140. The third kappa shape index (κ3) is 3.62. The molecule has 0 aliphatic carbocycles. The van der Waals surface area contributed by atoms with Gasteiger partial charge in [-0.3, -0.25) is 4.79 Å². The summed E-state index contributed by atoms with van der Waals surface area (Å²) in [6, 6.07) is 5.60. The molecule has 0 unspecified atom stereocenters. The van der Waals surface area contributed by atoms with Crippen LogP contribution in [-0.4, -0.2) is 24.4 Å². The van der Waals surface area contributed by atoms with Gasteiger partial charge in [-0.25, -0.2) is 0 Å². The summed E-state index contributed by atoms with van der Waals surface area (Å²) in [5.41, 5.74) is 0. The van der Waals surface area contributed by atoms with E-state index >= 15 is 0 Å². The molecule has 0 aliphatic heterocycles. The lowest BCUT2D eigenvalue weighted by Gasteiger charge is -2.15. The quantitative estimate of drug-likeness (QED) is 0.725. The fourth-order valence-electron chi connectivity index (χ4n) is 1.21. The van der Waals surface area contributed by atoms with Crippen LogP contribution in [0, 0.1) is 17.2 Å². The lowest BCUT2D eigenvalue weighted by Crippen LogP contribution is -2.29. The molecule has 1 amide bonds. The zero-order chi connectivity index (χ0) is 12.0. The van der Waals surface area contributed by atoms with Crippen LogP contribution in [-0.2, 0) is 4.79 Å². The summed E-state index contributed by atoms with van der Waals surface area (Å²) in [6.45, 7) is 2.21. The molecule has 0 saturated carbocycles. The number of carbonyl (C=O) groups excluding carboxylic acids is 1. The van der Waals surface area contributed by atoms with Gasteiger partial charge in [-0.15, -0.1) is 0 Å². The maximum absolute atomic E-state index is 11.6. The Bertz CT molecular complexity index is 401. The van der Waals surface area contributed by atoms with Gasteiger partial charge in [0.15, 0.2) is 0 Å².